The Labute approximate surface area is 129 Å². The smallest absolute Gasteiger partial charge is 0.336 e. The predicted molar refractivity (Wildman–Crippen MR) is 83.4 cm³/mol. The summed E-state index contributed by atoms with van der Waals surface area (Å²) in [6.45, 7) is 0. The molecule has 2 aromatic rings. The molecule has 0 saturated heterocycles. The van der Waals surface area contributed by atoms with Crippen molar-refractivity contribution < 1.29 is 18.3 Å². The minimum Gasteiger partial charge on any atom is -0.478 e. The topological polar surface area (TPSA) is 83.5 Å². The van der Waals surface area contributed by atoms with E-state index in [1.807, 2.05) is 22.6 Å². The zero-order chi connectivity index (χ0) is 14.8. The number of para-hydroxylation sites is 1. The van der Waals surface area contributed by atoms with Crippen LogP contribution in [0.3, 0.4) is 0 Å². The fourth-order valence-corrected chi connectivity index (χ4v) is 3.21. The Hall–Kier alpha value is -1.61. The van der Waals surface area contributed by atoms with Crippen molar-refractivity contribution in [1.82, 2.24) is 0 Å². The molecule has 0 heterocycles. The standard InChI is InChI=1S/C13H10INO4S/c14-12-7-6-10(8-11(12)13(16)17)20(18,19)15-9-4-2-1-3-5-9/h1-8,15H,(H,16,17). The van der Waals surface area contributed by atoms with Crippen molar-refractivity contribution in [2.75, 3.05) is 4.72 Å². The second-order valence-electron chi connectivity index (χ2n) is 3.92. The lowest BCUT2D eigenvalue weighted by Crippen LogP contribution is -2.14. The molecule has 0 fully saturated rings. The van der Waals surface area contributed by atoms with E-state index in [1.165, 1.54) is 12.1 Å². The first-order valence-electron chi connectivity index (χ1n) is 5.51. The number of carboxylic acids is 1. The molecule has 2 N–H and O–H groups in total. The summed E-state index contributed by atoms with van der Waals surface area (Å²) in [5.74, 6) is -1.16. The summed E-state index contributed by atoms with van der Waals surface area (Å²) in [7, 11) is -3.80. The van der Waals surface area contributed by atoms with Crippen LogP contribution < -0.4 is 4.72 Å². The van der Waals surface area contributed by atoms with Crippen molar-refractivity contribution in [2.45, 2.75) is 4.90 Å². The number of rotatable bonds is 4. The van der Waals surface area contributed by atoms with E-state index in [0.717, 1.165) is 6.07 Å². The van der Waals surface area contributed by atoms with Crippen molar-refractivity contribution in [3.8, 4) is 0 Å². The normalized spacial score (nSPS) is 11.1. The predicted octanol–water partition coefficient (Wildman–Crippen LogP) is 2.79. The van der Waals surface area contributed by atoms with Crippen LogP contribution in [0.25, 0.3) is 0 Å². The van der Waals surface area contributed by atoms with Gasteiger partial charge in [0, 0.05) is 9.26 Å². The second kappa shape index (κ2) is 5.80. The summed E-state index contributed by atoms with van der Waals surface area (Å²) in [5, 5.41) is 9.03. The van der Waals surface area contributed by atoms with Gasteiger partial charge in [-0.1, -0.05) is 18.2 Å². The quantitative estimate of drug-likeness (QED) is 0.770. The lowest BCUT2D eigenvalue weighted by Gasteiger charge is -2.09. The maximum absolute atomic E-state index is 12.2. The first-order chi connectivity index (χ1) is 9.40. The third-order valence-electron chi connectivity index (χ3n) is 2.50. The fraction of sp³-hybridized carbons (Fsp3) is 0. The highest BCUT2D eigenvalue weighted by Crippen LogP contribution is 2.20. The average Bonchev–Trinajstić information content (AvgIpc) is 2.39. The highest BCUT2D eigenvalue weighted by Gasteiger charge is 2.18. The lowest BCUT2D eigenvalue weighted by molar-refractivity contribution is 0.0695. The zero-order valence-electron chi connectivity index (χ0n) is 10.1. The van der Waals surface area contributed by atoms with Crippen molar-refractivity contribution in [3.05, 3.63) is 57.7 Å². The summed E-state index contributed by atoms with van der Waals surface area (Å²) < 4.78 is 27.2. The van der Waals surface area contributed by atoms with Gasteiger partial charge >= 0.3 is 5.97 Å². The van der Waals surface area contributed by atoms with E-state index in [9.17, 15) is 13.2 Å². The highest BCUT2D eigenvalue weighted by atomic mass is 127. The first-order valence-corrected chi connectivity index (χ1v) is 8.07. The molecule has 7 heteroatoms. The number of anilines is 1. The summed E-state index contributed by atoms with van der Waals surface area (Å²) in [6, 6.07) is 12.4. The van der Waals surface area contributed by atoms with E-state index in [0.29, 0.717) is 9.26 Å². The van der Waals surface area contributed by atoms with E-state index < -0.39 is 16.0 Å². The number of hydrogen-bond donors (Lipinski definition) is 2. The fourth-order valence-electron chi connectivity index (χ4n) is 1.56. The maximum atomic E-state index is 12.2. The molecule has 0 aromatic heterocycles. The Morgan fingerprint density at radius 3 is 2.35 bits per heavy atom. The van der Waals surface area contributed by atoms with Crippen molar-refractivity contribution in [1.29, 1.82) is 0 Å². The molecule has 5 nitrogen and oxygen atoms in total. The van der Waals surface area contributed by atoms with Crippen LogP contribution in [-0.4, -0.2) is 19.5 Å². The lowest BCUT2D eigenvalue weighted by atomic mass is 10.2. The van der Waals surface area contributed by atoms with Gasteiger partial charge in [0.1, 0.15) is 0 Å². The highest BCUT2D eigenvalue weighted by molar-refractivity contribution is 14.1. The van der Waals surface area contributed by atoms with Crippen LogP contribution in [0, 0.1) is 3.57 Å². The number of carboxylic acid groups (broad SMARTS) is 1. The van der Waals surface area contributed by atoms with Crippen LogP contribution in [0.1, 0.15) is 10.4 Å². The molecule has 0 unspecified atom stereocenters. The Morgan fingerprint density at radius 2 is 1.75 bits per heavy atom. The zero-order valence-corrected chi connectivity index (χ0v) is 13.1. The van der Waals surface area contributed by atoms with Crippen LogP contribution >= 0.6 is 22.6 Å². The third-order valence-corrected chi connectivity index (χ3v) is 4.82. The summed E-state index contributed by atoms with van der Waals surface area (Å²) >= 11 is 1.85. The van der Waals surface area contributed by atoms with E-state index in [2.05, 4.69) is 4.72 Å². The number of benzene rings is 2. The molecule has 0 amide bonds. The van der Waals surface area contributed by atoms with Gasteiger partial charge in [0.25, 0.3) is 10.0 Å². The van der Waals surface area contributed by atoms with Gasteiger partial charge in [-0.05, 0) is 52.9 Å². The number of aromatic carboxylic acids is 1. The molecule has 0 atom stereocenters. The molecule has 2 rings (SSSR count). The molecule has 20 heavy (non-hydrogen) atoms. The van der Waals surface area contributed by atoms with Gasteiger partial charge in [-0.3, -0.25) is 4.72 Å². The van der Waals surface area contributed by atoms with Crippen LogP contribution in [0.4, 0.5) is 5.69 Å². The minimum absolute atomic E-state index is 0.0402. The van der Waals surface area contributed by atoms with E-state index >= 15 is 0 Å². The van der Waals surface area contributed by atoms with Crippen LogP contribution in [0.2, 0.25) is 0 Å². The van der Waals surface area contributed by atoms with E-state index in [4.69, 9.17) is 5.11 Å². The first kappa shape index (κ1) is 14.8. The summed E-state index contributed by atoms with van der Waals surface area (Å²) in [4.78, 5) is 11.0. The third kappa shape index (κ3) is 3.28. The molecule has 0 radical (unpaired) electrons. The van der Waals surface area contributed by atoms with Gasteiger partial charge in [-0.15, -0.1) is 0 Å². The Balaban J connectivity index is 2.40. The largest absolute Gasteiger partial charge is 0.478 e. The SMILES string of the molecule is O=C(O)c1cc(S(=O)(=O)Nc2ccccc2)ccc1I. The molecular formula is C13H10INO4S. The number of nitrogens with one attached hydrogen (secondary N) is 1. The van der Waals surface area contributed by atoms with Crippen LogP contribution in [0.5, 0.6) is 0 Å². The number of carbonyl (C=O) groups is 1. The molecule has 104 valence electrons. The summed E-state index contributed by atoms with van der Waals surface area (Å²) in [5.41, 5.74) is 0.379. The molecular weight excluding hydrogens is 393 g/mol. The second-order valence-corrected chi connectivity index (χ2v) is 6.76. The van der Waals surface area contributed by atoms with Gasteiger partial charge in [0.05, 0.1) is 10.5 Å². The molecule has 0 spiro atoms. The van der Waals surface area contributed by atoms with E-state index in [-0.39, 0.29) is 10.5 Å². The molecule has 0 aliphatic rings. The van der Waals surface area contributed by atoms with Gasteiger partial charge in [0.15, 0.2) is 0 Å². The molecule has 0 aliphatic carbocycles. The van der Waals surface area contributed by atoms with Gasteiger partial charge in [-0.25, -0.2) is 13.2 Å². The Kier molecular flexibility index (Phi) is 4.29. The number of sulfonamides is 1. The van der Waals surface area contributed by atoms with Crippen molar-refractivity contribution in [3.63, 3.8) is 0 Å². The Bertz CT molecular complexity index is 744. The van der Waals surface area contributed by atoms with Gasteiger partial charge in [-0.2, -0.15) is 0 Å². The van der Waals surface area contributed by atoms with Gasteiger partial charge < -0.3 is 5.11 Å². The average molecular weight is 403 g/mol. The maximum Gasteiger partial charge on any atom is 0.336 e. The van der Waals surface area contributed by atoms with E-state index in [1.54, 1.807) is 30.3 Å². The molecule has 0 aliphatic heterocycles. The molecule has 2 aromatic carbocycles. The van der Waals surface area contributed by atoms with Crippen LogP contribution in [-0.2, 0) is 10.0 Å². The minimum atomic E-state index is -3.80. The molecule has 0 saturated carbocycles. The van der Waals surface area contributed by atoms with Gasteiger partial charge in [0.2, 0.25) is 0 Å². The van der Waals surface area contributed by atoms with Crippen molar-refractivity contribution >= 4 is 44.3 Å². The number of hydrogen-bond acceptors (Lipinski definition) is 3. The van der Waals surface area contributed by atoms with Crippen LogP contribution in [0.15, 0.2) is 53.4 Å². The molecule has 0 bridgehead atoms. The summed E-state index contributed by atoms with van der Waals surface area (Å²) in [6.07, 6.45) is 0. The van der Waals surface area contributed by atoms with Crippen molar-refractivity contribution in [2.24, 2.45) is 0 Å². The monoisotopic (exact) mass is 403 g/mol. The Morgan fingerprint density at radius 1 is 1.10 bits per heavy atom. The number of halogens is 1.